The monoisotopic (exact) mass is 365 g/mol. The van der Waals surface area contributed by atoms with Gasteiger partial charge in [-0.15, -0.1) is 0 Å². The molecule has 6 nitrogen and oxygen atoms in total. The normalized spacial score (nSPS) is 14.6. The van der Waals surface area contributed by atoms with Gasteiger partial charge in [-0.2, -0.15) is 5.10 Å². The Bertz CT molecular complexity index is 908. The van der Waals surface area contributed by atoms with E-state index in [0.29, 0.717) is 23.7 Å². The van der Waals surface area contributed by atoms with Crippen molar-refractivity contribution >= 4 is 5.91 Å². The van der Waals surface area contributed by atoms with Crippen molar-refractivity contribution in [1.82, 2.24) is 15.1 Å². The second-order valence-electron chi connectivity index (χ2n) is 7.11. The third-order valence-corrected chi connectivity index (χ3v) is 5.04. The minimum Gasteiger partial charge on any atom is -0.463 e. The molecule has 0 radical (unpaired) electrons. The van der Waals surface area contributed by atoms with Crippen LogP contribution in [0.4, 0.5) is 0 Å². The van der Waals surface area contributed by atoms with Gasteiger partial charge in [0.1, 0.15) is 11.4 Å². The van der Waals surface area contributed by atoms with Gasteiger partial charge in [-0.25, -0.2) is 4.68 Å². The molecule has 3 heterocycles. The topological polar surface area (TPSA) is 64.5 Å². The Morgan fingerprint density at radius 2 is 2.07 bits per heavy atom. The molecule has 0 bridgehead atoms. The fraction of sp³-hybridized carbons (Fsp3) is 0.333. The highest BCUT2D eigenvalue weighted by molar-refractivity contribution is 5.94. The first kappa shape index (κ1) is 17.5. The van der Waals surface area contributed by atoms with E-state index in [2.05, 4.69) is 10.4 Å². The van der Waals surface area contributed by atoms with Crippen LogP contribution in [0, 0.1) is 6.92 Å². The second-order valence-corrected chi connectivity index (χ2v) is 7.11. The lowest BCUT2D eigenvalue weighted by molar-refractivity contribution is -0.886. The van der Waals surface area contributed by atoms with Crippen LogP contribution >= 0.6 is 0 Å². The summed E-state index contributed by atoms with van der Waals surface area (Å²) in [5.41, 5.74) is 3.15. The number of nitrogens with zero attached hydrogens (tertiary/aromatic N) is 2. The van der Waals surface area contributed by atoms with Crippen molar-refractivity contribution in [3.63, 3.8) is 0 Å². The highest BCUT2D eigenvalue weighted by Gasteiger charge is 2.20. The van der Waals surface area contributed by atoms with Crippen molar-refractivity contribution in [2.45, 2.75) is 19.8 Å². The lowest BCUT2D eigenvalue weighted by Gasteiger charge is -2.13. The predicted molar refractivity (Wildman–Crippen MR) is 103 cm³/mol. The number of quaternary nitrogens is 1. The summed E-state index contributed by atoms with van der Waals surface area (Å²) in [6, 6.07) is 13.4. The summed E-state index contributed by atoms with van der Waals surface area (Å²) < 4.78 is 7.16. The molecule has 1 fully saturated rings. The highest BCUT2D eigenvalue weighted by atomic mass is 16.3. The molecule has 2 N–H and O–H groups in total. The van der Waals surface area contributed by atoms with Crippen LogP contribution < -0.4 is 10.2 Å². The van der Waals surface area contributed by atoms with Gasteiger partial charge < -0.3 is 14.6 Å². The average molecular weight is 365 g/mol. The zero-order valence-corrected chi connectivity index (χ0v) is 15.6. The van der Waals surface area contributed by atoms with E-state index >= 15 is 0 Å². The minimum atomic E-state index is -0.111. The van der Waals surface area contributed by atoms with E-state index in [1.165, 1.54) is 25.9 Å². The quantitative estimate of drug-likeness (QED) is 0.701. The average Bonchev–Trinajstić information content (AvgIpc) is 3.42. The summed E-state index contributed by atoms with van der Waals surface area (Å²) in [7, 11) is 0. The van der Waals surface area contributed by atoms with Crippen LogP contribution in [-0.2, 0) is 0 Å². The molecule has 27 heavy (non-hydrogen) atoms. The summed E-state index contributed by atoms with van der Waals surface area (Å²) in [6.07, 6.45) is 4.19. The van der Waals surface area contributed by atoms with E-state index in [9.17, 15) is 4.79 Å². The first-order valence-electron chi connectivity index (χ1n) is 9.53. The van der Waals surface area contributed by atoms with Crippen LogP contribution in [0.15, 0.2) is 53.1 Å². The number of amides is 1. The Morgan fingerprint density at radius 1 is 1.22 bits per heavy atom. The van der Waals surface area contributed by atoms with Gasteiger partial charge in [0.25, 0.3) is 5.91 Å². The van der Waals surface area contributed by atoms with Crippen LogP contribution in [0.1, 0.15) is 28.9 Å². The van der Waals surface area contributed by atoms with E-state index < -0.39 is 0 Å². The molecule has 1 aliphatic rings. The van der Waals surface area contributed by atoms with Gasteiger partial charge in [-0.1, -0.05) is 12.1 Å². The van der Waals surface area contributed by atoms with Crippen molar-refractivity contribution in [2.75, 3.05) is 26.2 Å². The molecule has 4 rings (SSSR count). The maximum Gasteiger partial charge on any atom is 0.270 e. The van der Waals surface area contributed by atoms with E-state index in [1.807, 2.05) is 43.3 Å². The molecular formula is C21H25N4O2+. The fourth-order valence-electron chi connectivity index (χ4n) is 3.61. The molecule has 140 valence electrons. The molecule has 6 heteroatoms. The van der Waals surface area contributed by atoms with E-state index in [1.54, 1.807) is 21.9 Å². The number of benzene rings is 1. The van der Waals surface area contributed by atoms with Gasteiger partial charge in [0.15, 0.2) is 5.76 Å². The lowest BCUT2D eigenvalue weighted by atomic mass is 10.2. The molecule has 1 aliphatic heterocycles. The van der Waals surface area contributed by atoms with Crippen LogP contribution in [0.2, 0.25) is 0 Å². The van der Waals surface area contributed by atoms with Gasteiger partial charge in [0.2, 0.25) is 0 Å². The summed E-state index contributed by atoms with van der Waals surface area (Å²) >= 11 is 0. The number of nitrogens with one attached hydrogen (secondary N) is 2. The second kappa shape index (κ2) is 7.80. The molecule has 0 atom stereocenters. The molecule has 0 unspecified atom stereocenters. The van der Waals surface area contributed by atoms with Crippen molar-refractivity contribution in [3.8, 4) is 17.1 Å². The SMILES string of the molecule is Cc1cccc(-n2nc(-c3ccco3)cc2C(=O)NCC[NH+]2CCCC2)c1. The van der Waals surface area contributed by atoms with Gasteiger partial charge in [0.05, 0.1) is 38.1 Å². The minimum absolute atomic E-state index is 0.111. The van der Waals surface area contributed by atoms with E-state index in [0.717, 1.165) is 17.8 Å². The number of furan rings is 1. The Labute approximate surface area is 158 Å². The fourth-order valence-corrected chi connectivity index (χ4v) is 3.61. The smallest absolute Gasteiger partial charge is 0.270 e. The molecule has 3 aromatic rings. The summed E-state index contributed by atoms with van der Waals surface area (Å²) in [4.78, 5) is 14.4. The zero-order chi connectivity index (χ0) is 18.6. The first-order valence-corrected chi connectivity index (χ1v) is 9.53. The van der Waals surface area contributed by atoms with Gasteiger partial charge in [-0.05, 0) is 36.8 Å². The number of likely N-dealkylation sites (tertiary alicyclic amines) is 1. The number of aryl methyl sites for hydroxylation is 1. The number of aromatic nitrogens is 2. The Morgan fingerprint density at radius 3 is 2.81 bits per heavy atom. The van der Waals surface area contributed by atoms with Gasteiger partial charge >= 0.3 is 0 Å². The molecule has 1 aromatic carbocycles. The van der Waals surface area contributed by atoms with Gasteiger partial charge in [-0.3, -0.25) is 4.79 Å². The standard InChI is InChI=1S/C21H24N4O2/c1-16-6-4-7-17(14-16)25-19(15-18(23-25)20-8-5-13-27-20)21(26)22-9-12-24-10-2-3-11-24/h4-8,13-15H,2-3,9-12H2,1H3,(H,22,26)/p+1. The van der Waals surface area contributed by atoms with E-state index in [-0.39, 0.29) is 5.91 Å². The number of hydrogen-bond acceptors (Lipinski definition) is 3. The summed E-state index contributed by atoms with van der Waals surface area (Å²) in [6.45, 7) is 6.08. The largest absolute Gasteiger partial charge is 0.463 e. The number of rotatable bonds is 6. The third kappa shape index (κ3) is 3.95. The maximum atomic E-state index is 12.9. The number of carbonyl (C=O) groups is 1. The van der Waals surface area contributed by atoms with Crippen LogP contribution in [0.5, 0.6) is 0 Å². The summed E-state index contributed by atoms with van der Waals surface area (Å²) in [5, 5.41) is 7.69. The predicted octanol–water partition coefficient (Wildman–Crippen LogP) is 1.85. The van der Waals surface area contributed by atoms with Crippen molar-refractivity contribution in [2.24, 2.45) is 0 Å². The zero-order valence-electron chi connectivity index (χ0n) is 15.6. The first-order chi connectivity index (χ1) is 13.2. The molecular weight excluding hydrogens is 340 g/mol. The molecule has 0 saturated carbocycles. The van der Waals surface area contributed by atoms with Crippen molar-refractivity contribution in [1.29, 1.82) is 0 Å². The molecule has 0 aliphatic carbocycles. The van der Waals surface area contributed by atoms with Crippen LogP contribution in [0.3, 0.4) is 0 Å². The Balaban J connectivity index is 1.58. The summed E-state index contributed by atoms with van der Waals surface area (Å²) in [5.74, 6) is 0.539. The molecule has 1 saturated heterocycles. The lowest BCUT2D eigenvalue weighted by Crippen LogP contribution is -3.10. The van der Waals surface area contributed by atoms with Crippen molar-refractivity contribution < 1.29 is 14.1 Å². The molecule has 2 aromatic heterocycles. The molecule has 0 spiro atoms. The highest BCUT2D eigenvalue weighted by Crippen LogP contribution is 2.22. The molecule has 1 amide bonds. The van der Waals surface area contributed by atoms with Crippen molar-refractivity contribution in [3.05, 3.63) is 60.0 Å². The third-order valence-electron chi connectivity index (χ3n) is 5.04. The van der Waals surface area contributed by atoms with E-state index in [4.69, 9.17) is 4.42 Å². The Hall–Kier alpha value is -2.86. The number of carbonyl (C=O) groups excluding carboxylic acids is 1. The Kier molecular flexibility index (Phi) is 5.07. The van der Waals surface area contributed by atoms with Crippen LogP contribution in [-0.4, -0.2) is 41.9 Å². The van der Waals surface area contributed by atoms with Gasteiger partial charge in [0, 0.05) is 18.9 Å². The van der Waals surface area contributed by atoms with Crippen LogP contribution in [0.25, 0.3) is 17.1 Å². The number of hydrogen-bond donors (Lipinski definition) is 2. The maximum absolute atomic E-state index is 12.9.